The first kappa shape index (κ1) is 53.9. The molecule has 7 aromatic carbocycles. The zero-order valence-electron chi connectivity index (χ0n) is 53.0. The summed E-state index contributed by atoms with van der Waals surface area (Å²) in [5, 5.41) is 4.01. The van der Waals surface area contributed by atoms with Crippen molar-refractivity contribution in [3.63, 3.8) is 0 Å². The number of thiophene rings is 1. The molecule has 0 unspecified atom stereocenters. The van der Waals surface area contributed by atoms with Gasteiger partial charge in [0.15, 0.2) is 0 Å². The van der Waals surface area contributed by atoms with Crippen LogP contribution in [0.15, 0.2) is 115 Å². The maximum atomic E-state index is 2.77. The maximum Gasteiger partial charge on any atom is 0.264 e. The predicted molar refractivity (Wildman–Crippen MR) is 358 cm³/mol. The minimum Gasteiger partial charge on any atom is -0.311 e. The molecule has 0 N–H and O–H groups in total. The molecule has 5 aliphatic rings. The summed E-state index contributed by atoms with van der Waals surface area (Å²) in [6.45, 7) is 46.3. The molecule has 0 saturated heterocycles. The minimum atomic E-state index is -0.00938. The topological polar surface area (TPSA) is 11.4 Å². The second kappa shape index (κ2) is 17.1. The number of rotatable bonds is 3. The van der Waals surface area contributed by atoms with Gasteiger partial charge >= 0.3 is 0 Å². The van der Waals surface area contributed by atoms with Gasteiger partial charge in [-0.3, -0.25) is 0 Å². The predicted octanol–water partition coefficient (Wildman–Crippen LogP) is 20.0. The van der Waals surface area contributed by atoms with Crippen molar-refractivity contribution in [3.05, 3.63) is 165 Å². The first-order valence-electron chi connectivity index (χ1n) is 31.2. The van der Waals surface area contributed by atoms with Crippen LogP contribution in [0.4, 0.5) is 34.1 Å². The van der Waals surface area contributed by atoms with E-state index in [4.69, 9.17) is 0 Å². The number of hydrogen-bond donors (Lipinski definition) is 0. The summed E-state index contributed by atoms with van der Waals surface area (Å²) in [4.78, 5) is 5.50. The van der Waals surface area contributed by atoms with Crippen molar-refractivity contribution in [2.45, 2.75) is 213 Å². The third-order valence-electron chi connectivity index (χ3n) is 21.7. The van der Waals surface area contributed by atoms with Crippen molar-refractivity contribution in [2.24, 2.45) is 0 Å². The van der Waals surface area contributed by atoms with Crippen LogP contribution in [0.5, 0.6) is 0 Å². The highest BCUT2D eigenvalue weighted by molar-refractivity contribution is 7.33. The lowest BCUT2D eigenvalue weighted by atomic mass is 9.35. The van der Waals surface area contributed by atoms with E-state index >= 15 is 0 Å². The molecule has 0 atom stereocenters. The Labute approximate surface area is 495 Å². The smallest absolute Gasteiger partial charge is 0.264 e. The Morgan fingerprint density at radius 3 is 1.38 bits per heavy atom. The molecule has 0 radical (unpaired) electrons. The van der Waals surface area contributed by atoms with Crippen molar-refractivity contribution < 1.29 is 0 Å². The van der Waals surface area contributed by atoms with Crippen molar-refractivity contribution in [2.75, 3.05) is 9.80 Å². The normalized spacial score (nSPS) is 19.6. The summed E-state index contributed by atoms with van der Waals surface area (Å²) >= 11 is 2.08. The van der Waals surface area contributed by atoms with E-state index in [1.54, 1.807) is 0 Å². The van der Waals surface area contributed by atoms with Gasteiger partial charge in [-0.2, -0.15) is 0 Å². The fourth-order valence-corrected chi connectivity index (χ4v) is 17.2. The third kappa shape index (κ3) is 7.85. The molecule has 4 heterocycles. The monoisotopic (exact) mass is 1100 g/mol. The number of fused-ring (bicyclic) bond motifs is 12. The molecule has 0 bridgehead atoms. The Bertz CT molecular complexity index is 4140. The molecule has 420 valence electrons. The molecule has 2 aromatic heterocycles. The Morgan fingerprint density at radius 1 is 0.402 bits per heavy atom. The van der Waals surface area contributed by atoms with Crippen LogP contribution in [-0.2, 0) is 43.3 Å². The van der Waals surface area contributed by atoms with Crippen LogP contribution < -0.4 is 25.5 Å². The maximum absolute atomic E-state index is 2.77. The second-order valence-electron chi connectivity index (χ2n) is 32.3. The van der Waals surface area contributed by atoms with Crippen molar-refractivity contribution in [1.29, 1.82) is 0 Å². The van der Waals surface area contributed by atoms with Gasteiger partial charge in [0.2, 0.25) is 0 Å². The highest BCUT2D eigenvalue weighted by Crippen LogP contribution is 2.56. The zero-order valence-corrected chi connectivity index (χ0v) is 53.9. The van der Waals surface area contributed by atoms with E-state index in [-0.39, 0.29) is 50.0 Å². The summed E-state index contributed by atoms with van der Waals surface area (Å²) in [6.07, 6.45) is 7.04. The molecule has 0 spiro atoms. The SMILES string of the molecule is Cc1ccc(N2c3cc(-n4c5ccc(C(C)(C)C)cc5c5cc(C(C)(C)C)ccc54)cc4c3B(c3cc5c(cc3N4c3ccc4c(c3)C(C)(C)CCC4(C)C)C(C)(C)CCC5(C)C)c3sc4cc5c(cc4c32)C(C)(C)CCC5(C)C)cc1. The number of nitrogens with zero attached hydrogens (tertiary/aromatic N) is 3. The Balaban J connectivity index is 1.17. The zero-order chi connectivity index (χ0) is 58.1. The molecule has 5 heteroatoms. The number of aryl methyl sites for hydroxylation is 1. The largest absolute Gasteiger partial charge is 0.311 e. The van der Waals surface area contributed by atoms with E-state index in [2.05, 4.69) is 273 Å². The quantitative estimate of drug-likeness (QED) is 0.163. The van der Waals surface area contributed by atoms with Gasteiger partial charge in [-0.25, -0.2) is 0 Å². The highest BCUT2D eigenvalue weighted by atomic mass is 32.1. The van der Waals surface area contributed by atoms with Crippen molar-refractivity contribution in [1.82, 2.24) is 4.57 Å². The van der Waals surface area contributed by atoms with E-state index in [9.17, 15) is 0 Å². The van der Waals surface area contributed by atoms with E-state index in [0.717, 1.165) is 12.8 Å². The van der Waals surface area contributed by atoms with Crippen LogP contribution in [0.25, 0.3) is 37.6 Å². The van der Waals surface area contributed by atoms with Gasteiger partial charge in [-0.05, 0) is 223 Å². The molecule has 3 aliphatic carbocycles. The molecule has 0 saturated carbocycles. The Morgan fingerprint density at radius 2 is 0.854 bits per heavy atom. The summed E-state index contributed by atoms with van der Waals surface area (Å²) in [5.74, 6) is 0. The van der Waals surface area contributed by atoms with Crippen LogP contribution >= 0.6 is 11.3 Å². The van der Waals surface area contributed by atoms with Gasteiger partial charge in [0.1, 0.15) is 0 Å². The van der Waals surface area contributed by atoms with E-state index < -0.39 is 0 Å². The lowest BCUT2D eigenvalue weighted by Crippen LogP contribution is -2.61. The third-order valence-corrected chi connectivity index (χ3v) is 22.9. The molecule has 14 rings (SSSR count). The van der Waals surface area contributed by atoms with Gasteiger partial charge in [0.05, 0.1) is 22.4 Å². The van der Waals surface area contributed by atoms with Crippen molar-refractivity contribution >= 4 is 99.8 Å². The summed E-state index contributed by atoms with van der Waals surface area (Å²) in [5.41, 5.74) is 27.5. The lowest BCUT2D eigenvalue weighted by molar-refractivity contribution is 0.332. The van der Waals surface area contributed by atoms with Gasteiger partial charge in [0.25, 0.3) is 6.71 Å². The summed E-state index contributed by atoms with van der Waals surface area (Å²) in [7, 11) is 0. The molecular weight excluding hydrogens is 1010 g/mol. The van der Waals surface area contributed by atoms with Gasteiger partial charge < -0.3 is 14.4 Å². The molecule has 2 aliphatic heterocycles. The van der Waals surface area contributed by atoms with Crippen LogP contribution in [-0.4, -0.2) is 11.3 Å². The molecule has 3 nitrogen and oxygen atoms in total. The molecule has 0 amide bonds. The Kier molecular flexibility index (Phi) is 11.2. The van der Waals surface area contributed by atoms with Gasteiger partial charge in [-0.1, -0.05) is 167 Å². The van der Waals surface area contributed by atoms with Crippen LogP contribution in [0.2, 0.25) is 0 Å². The van der Waals surface area contributed by atoms with Crippen LogP contribution in [0, 0.1) is 6.92 Å². The molecular formula is C77H88BN3S. The fourth-order valence-electron chi connectivity index (χ4n) is 15.9. The highest BCUT2D eigenvalue weighted by Gasteiger charge is 2.50. The lowest BCUT2D eigenvalue weighted by Gasteiger charge is -2.47. The Hall–Kier alpha value is -6.04. The molecule has 9 aromatic rings. The first-order valence-corrected chi connectivity index (χ1v) is 32.0. The van der Waals surface area contributed by atoms with Gasteiger partial charge in [0, 0.05) is 54.1 Å². The summed E-state index contributed by atoms with van der Waals surface area (Å²) < 4.78 is 5.49. The van der Waals surface area contributed by atoms with E-state index in [1.807, 2.05) is 0 Å². The minimum absolute atomic E-state index is 0.00146. The van der Waals surface area contributed by atoms with Crippen molar-refractivity contribution in [3.8, 4) is 5.69 Å². The molecule has 0 fully saturated rings. The first-order chi connectivity index (χ1) is 38.3. The number of anilines is 6. The average molecular weight is 1100 g/mol. The number of hydrogen-bond acceptors (Lipinski definition) is 3. The standard InChI is InChI=1S/C77H88BN3S/c1-45-20-24-48(25-21-45)81-65-40-50(80-61-28-22-46(70(2,3)4)36-51(61)52-37-47(71(5,6)7)23-29-62(52)80)39-64-67(65)78(69-68(81)53-41-56-59(44-66(53)82-69)77(18,19)35-32-74(56,12)13)60-42-57-58(76(16,17)34-33-75(57,14)15)43-63(60)79(64)49-26-27-54-55(38-49)73(10,11)31-30-72(54,8)9/h20-29,36-44H,30-35H2,1-19H3. The average Bonchev–Trinajstić information content (AvgIpc) is 3.43. The van der Waals surface area contributed by atoms with E-state index in [1.165, 1.54) is 163 Å². The number of aromatic nitrogens is 1. The van der Waals surface area contributed by atoms with E-state index in [0.29, 0.717) is 0 Å². The molecule has 82 heavy (non-hydrogen) atoms. The van der Waals surface area contributed by atoms with Gasteiger partial charge in [-0.15, -0.1) is 11.3 Å². The van der Waals surface area contributed by atoms with Crippen LogP contribution in [0.1, 0.15) is 213 Å². The number of benzene rings is 7. The van der Waals surface area contributed by atoms with Crippen LogP contribution in [0.3, 0.4) is 0 Å². The second-order valence-corrected chi connectivity index (χ2v) is 33.4. The fraction of sp³-hybridized carbons (Fsp3) is 0.429. The summed E-state index contributed by atoms with van der Waals surface area (Å²) in [6, 6.07) is 47.9.